The number of halogens is 1. The molecule has 6 nitrogen and oxygen atoms in total. The van der Waals surface area contributed by atoms with Crippen LogP contribution in [0.25, 0.3) is 11.3 Å². The number of rotatable bonds is 5. The molecular formula is C27H19ClN2O4. The number of benzene rings is 3. The van der Waals surface area contributed by atoms with E-state index in [0.717, 1.165) is 16.7 Å². The van der Waals surface area contributed by atoms with Gasteiger partial charge in [-0.1, -0.05) is 65.7 Å². The van der Waals surface area contributed by atoms with E-state index in [9.17, 15) is 19.8 Å². The van der Waals surface area contributed by atoms with Crippen molar-refractivity contribution in [3.8, 4) is 17.1 Å². The van der Waals surface area contributed by atoms with Crippen molar-refractivity contribution in [3.05, 3.63) is 111 Å². The Hall–Kier alpha value is -4.16. The summed E-state index contributed by atoms with van der Waals surface area (Å²) in [5, 5.41) is 21.1. The minimum atomic E-state index is -1.01. The fourth-order valence-corrected chi connectivity index (χ4v) is 4.30. The van der Waals surface area contributed by atoms with Gasteiger partial charge in [-0.15, -0.1) is 0 Å². The van der Waals surface area contributed by atoms with Crippen molar-refractivity contribution in [1.82, 2.24) is 4.57 Å². The van der Waals surface area contributed by atoms with Crippen LogP contribution in [-0.4, -0.2) is 32.4 Å². The van der Waals surface area contributed by atoms with Gasteiger partial charge in [0.15, 0.2) is 0 Å². The number of carboxylic acid groups (broad SMARTS) is 1. The Morgan fingerprint density at radius 2 is 1.53 bits per heavy atom. The van der Waals surface area contributed by atoms with Crippen LogP contribution in [0.2, 0.25) is 5.02 Å². The van der Waals surface area contributed by atoms with Crippen LogP contribution >= 0.6 is 11.6 Å². The summed E-state index contributed by atoms with van der Waals surface area (Å²) in [6.45, 7) is 2.21. The van der Waals surface area contributed by atoms with Crippen LogP contribution in [-0.2, 0) is 6.54 Å². The summed E-state index contributed by atoms with van der Waals surface area (Å²) < 4.78 is 1.67. The third kappa shape index (κ3) is 3.68. The molecule has 168 valence electrons. The van der Waals surface area contributed by atoms with Crippen LogP contribution in [0.1, 0.15) is 43.0 Å². The summed E-state index contributed by atoms with van der Waals surface area (Å²) >= 11 is 6.02. The number of hydrogen-bond donors (Lipinski definition) is 2. The second-order valence-corrected chi connectivity index (χ2v) is 8.59. The first kappa shape index (κ1) is 21.7. The molecule has 0 atom stereocenters. The van der Waals surface area contributed by atoms with Gasteiger partial charge >= 0.3 is 5.97 Å². The molecule has 0 saturated heterocycles. The monoisotopic (exact) mass is 470 g/mol. The number of carbonyl (C=O) groups excluding carboxylic acids is 1. The van der Waals surface area contributed by atoms with Gasteiger partial charge in [0, 0.05) is 10.6 Å². The molecule has 1 aromatic heterocycles. The highest BCUT2D eigenvalue weighted by Gasteiger charge is 2.36. The number of fused-ring (bicyclic) bond motifs is 1. The van der Waals surface area contributed by atoms with E-state index in [-0.39, 0.29) is 18.0 Å². The summed E-state index contributed by atoms with van der Waals surface area (Å²) in [5.41, 5.74) is 5.13. The van der Waals surface area contributed by atoms with Crippen molar-refractivity contribution in [2.24, 2.45) is 4.99 Å². The number of aromatic nitrogens is 1. The molecule has 0 saturated carbocycles. The first-order valence-corrected chi connectivity index (χ1v) is 11.0. The molecule has 5 rings (SSSR count). The van der Waals surface area contributed by atoms with Crippen molar-refractivity contribution < 1.29 is 19.8 Å². The van der Waals surface area contributed by atoms with Gasteiger partial charge in [-0.25, -0.2) is 9.79 Å². The van der Waals surface area contributed by atoms with Crippen LogP contribution in [0.3, 0.4) is 0 Å². The van der Waals surface area contributed by atoms with E-state index in [1.54, 1.807) is 41.0 Å². The SMILES string of the molecule is Cc1ccc(-c2c3c(c(O)n2Cc2ccc(C(=O)O)cc2)C(c2ccc(Cl)cc2)=NC3=O)cc1. The zero-order valence-electron chi connectivity index (χ0n) is 18.1. The van der Waals surface area contributed by atoms with Crippen LogP contribution < -0.4 is 0 Å². The van der Waals surface area contributed by atoms with Crippen molar-refractivity contribution >= 4 is 29.2 Å². The predicted molar refractivity (Wildman–Crippen MR) is 130 cm³/mol. The van der Waals surface area contributed by atoms with Crippen molar-refractivity contribution in [2.45, 2.75) is 13.5 Å². The van der Waals surface area contributed by atoms with Crippen molar-refractivity contribution in [1.29, 1.82) is 0 Å². The fraction of sp³-hybridized carbons (Fsp3) is 0.0741. The highest BCUT2D eigenvalue weighted by molar-refractivity contribution is 6.32. The van der Waals surface area contributed by atoms with E-state index in [2.05, 4.69) is 4.99 Å². The number of carbonyl (C=O) groups is 2. The maximum Gasteiger partial charge on any atom is 0.335 e. The minimum Gasteiger partial charge on any atom is -0.494 e. The number of aryl methyl sites for hydroxylation is 1. The fourth-order valence-electron chi connectivity index (χ4n) is 4.17. The maximum atomic E-state index is 13.1. The maximum absolute atomic E-state index is 13.1. The van der Waals surface area contributed by atoms with Gasteiger partial charge in [-0.05, 0) is 42.3 Å². The molecule has 4 aromatic rings. The summed E-state index contributed by atoms with van der Waals surface area (Å²) in [6, 6.07) is 21.1. The second-order valence-electron chi connectivity index (χ2n) is 8.15. The molecule has 2 N–H and O–H groups in total. The quantitative estimate of drug-likeness (QED) is 0.399. The molecule has 7 heteroatoms. The average Bonchev–Trinajstić information content (AvgIpc) is 3.30. The Balaban J connectivity index is 1.69. The Labute approximate surface area is 200 Å². The van der Waals surface area contributed by atoms with Gasteiger partial charge < -0.3 is 14.8 Å². The first-order valence-electron chi connectivity index (χ1n) is 10.6. The molecule has 2 heterocycles. The third-order valence-corrected chi connectivity index (χ3v) is 6.14. The number of aliphatic imine (C=N–C) groups is 1. The topological polar surface area (TPSA) is 91.9 Å². The summed E-state index contributed by atoms with van der Waals surface area (Å²) in [4.78, 5) is 28.6. The van der Waals surface area contributed by atoms with E-state index in [0.29, 0.717) is 33.1 Å². The molecule has 3 aromatic carbocycles. The number of amides is 1. The average molecular weight is 471 g/mol. The Kier molecular flexibility index (Phi) is 5.30. The lowest BCUT2D eigenvalue weighted by Gasteiger charge is -2.13. The molecule has 0 radical (unpaired) electrons. The van der Waals surface area contributed by atoms with Crippen molar-refractivity contribution in [3.63, 3.8) is 0 Å². The standard InChI is InChI=1S/C27H19ClN2O4/c1-15-2-6-18(7-3-15)24-22-21(23(29-25(22)31)17-10-12-20(28)13-11-17)26(32)30(24)14-16-4-8-19(9-5-16)27(33)34/h2-13,32H,14H2,1H3,(H,33,34). The van der Waals surface area contributed by atoms with Gasteiger partial charge in [0.1, 0.15) is 0 Å². The number of aromatic carboxylic acids is 1. The molecule has 0 bridgehead atoms. The smallest absolute Gasteiger partial charge is 0.335 e. The Morgan fingerprint density at radius 3 is 2.15 bits per heavy atom. The lowest BCUT2D eigenvalue weighted by atomic mass is 10.00. The number of aromatic hydroxyl groups is 1. The van der Waals surface area contributed by atoms with E-state index in [1.807, 2.05) is 31.2 Å². The van der Waals surface area contributed by atoms with Crippen LogP contribution in [0.5, 0.6) is 5.88 Å². The predicted octanol–water partition coefficient (Wildman–Crippen LogP) is 5.56. The molecule has 34 heavy (non-hydrogen) atoms. The summed E-state index contributed by atoms with van der Waals surface area (Å²) in [5.74, 6) is -1.51. The van der Waals surface area contributed by atoms with Crippen molar-refractivity contribution in [2.75, 3.05) is 0 Å². The molecule has 1 amide bonds. The lowest BCUT2D eigenvalue weighted by molar-refractivity contribution is 0.0696. The highest BCUT2D eigenvalue weighted by Crippen LogP contribution is 2.41. The van der Waals surface area contributed by atoms with E-state index in [1.165, 1.54) is 12.1 Å². The van der Waals surface area contributed by atoms with Gasteiger partial charge in [-0.2, -0.15) is 0 Å². The molecular weight excluding hydrogens is 452 g/mol. The highest BCUT2D eigenvalue weighted by atomic mass is 35.5. The van der Waals surface area contributed by atoms with E-state index in [4.69, 9.17) is 11.6 Å². The minimum absolute atomic E-state index is 0.0764. The van der Waals surface area contributed by atoms with Gasteiger partial charge in [0.25, 0.3) is 5.91 Å². The normalized spacial score (nSPS) is 12.5. The molecule has 1 aliphatic rings. The molecule has 0 spiro atoms. The zero-order valence-corrected chi connectivity index (χ0v) is 18.9. The Morgan fingerprint density at radius 1 is 0.912 bits per heavy atom. The van der Waals surface area contributed by atoms with Crippen LogP contribution in [0, 0.1) is 6.92 Å². The Bertz CT molecular complexity index is 1470. The lowest BCUT2D eigenvalue weighted by Crippen LogP contribution is -2.06. The molecule has 0 aliphatic carbocycles. The third-order valence-electron chi connectivity index (χ3n) is 5.88. The number of carboxylic acids is 1. The van der Waals surface area contributed by atoms with E-state index >= 15 is 0 Å². The number of hydrogen-bond acceptors (Lipinski definition) is 3. The van der Waals surface area contributed by atoms with Crippen LogP contribution in [0.15, 0.2) is 77.8 Å². The van der Waals surface area contributed by atoms with Crippen LogP contribution in [0.4, 0.5) is 0 Å². The van der Waals surface area contributed by atoms with Gasteiger partial charge in [0.2, 0.25) is 5.88 Å². The molecule has 0 fully saturated rings. The molecule has 0 unspecified atom stereocenters. The summed E-state index contributed by atoms with van der Waals surface area (Å²) in [7, 11) is 0. The zero-order chi connectivity index (χ0) is 24.0. The van der Waals surface area contributed by atoms with Gasteiger partial charge in [0.05, 0.1) is 34.6 Å². The number of nitrogens with zero attached hydrogens (tertiary/aromatic N) is 2. The van der Waals surface area contributed by atoms with Gasteiger partial charge in [-0.3, -0.25) is 4.79 Å². The molecule has 1 aliphatic heterocycles. The second kappa shape index (κ2) is 8.32. The van der Waals surface area contributed by atoms with E-state index < -0.39 is 11.9 Å². The largest absolute Gasteiger partial charge is 0.494 e. The first-order chi connectivity index (χ1) is 16.3. The summed E-state index contributed by atoms with van der Waals surface area (Å²) in [6.07, 6.45) is 0.